The predicted molar refractivity (Wildman–Crippen MR) is 170 cm³/mol. The number of H-pyrrole nitrogens is 1. The number of aromatic nitrogens is 1. The van der Waals surface area contributed by atoms with E-state index >= 15 is 0 Å². The van der Waals surface area contributed by atoms with Crippen LogP contribution in [0.3, 0.4) is 0 Å². The molecule has 0 aliphatic carbocycles. The van der Waals surface area contributed by atoms with Gasteiger partial charge in [0, 0.05) is 51.8 Å². The number of hydrogen-bond acceptors (Lipinski definition) is 5. The molecule has 2 saturated heterocycles. The number of sulfone groups is 1. The summed E-state index contributed by atoms with van der Waals surface area (Å²) in [5, 5.41) is 3.53. The molecule has 4 heterocycles. The lowest BCUT2D eigenvalue weighted by Crippen LogP contribution is -2.46. The maximum absolute atomic E-state index is 13.6. The number of likely N-dealkylation sites (tertiary alicyclic amines) is 2. The molecule has 2 amide bonds. The maximum atomic E-state index is 13.6. The fourth-order valence-corrected chi connectivity index (χ4v) is 8.37. The van der Waals surface area contributed by atoms with Crippen LogP contribution >= 0.6 is 23.2 Å². The Morgan fingerprint density at radius 2 is 1.74 bits per heavy atom. The number of anilines is 1. The summed E-state index contributed by atoms with van der Waals surface area (Å²) in [6.45, 7) is 7.53. The van der Waals surface area contributed by atoms with E-state index in [2.05, 4.69) is 15.2 Å². The summed E-state index contributed by atoms with van der Waals surface area (Å²) in [4.78, 5) is 34.5. The number of amides is 2. The molecule has 2 N–H and O–H groups in total. The van der Waals surface area contributed by atoms with E-state index in [-0.39, 0.29) is 22.5 Å². The van der Waals surface area contributed by atoms with Crippen molar-refractivity contribution >= 4 is 62.2 Å². The third-order valence-electron chi connectivity index (χ3n) is 8.87. The van der Waals surface area contributed by atoms with Crippen LogP contribution in [0.5, 0.6) is 0 Å². The number of carbonyl (C=O) groups excluding carboxylic acids is 2. The molecule has 0 atom stereocenters. The van der Waals surface area contributed by atoms with Crippen molar-refractivity contribution in [3.05, 3.63) is 80.1 Å². The molecule has 226 valence electrons. The van der Waals surface area contributed by atoms with Crippen LogP contribution in [0.1, 0.15) is 64.1 Å². The second kappa shape index (κ2) is 11.8. The van der Waals surface area contributed by atoms with Crippen molar-refractivity contribution in [1.29, 1.82) is 0 Å². The number of piperidine rings is 1. The largest absolute Gasteiger partial charge is 0.358 e. The van der Waals surface area contributed by atoms with Crippen LogP contribution in [-0.2, 0) is 20.4 Å². The Balaban J connectivity index is 1.25. The average molecular weight is 642 g/mol. The fraction of sp³-hybridized carbons (Fsp3) is 0.375. The van der Waals surface area contributed by atoms with Gasteiger partial charge in [0.25, 0.3) is 11.8 Å². The highest BCUT2D eigenvalue weighted by molar-refractivity contribution is 7.90. The van der Waals surface area contributed by atoms with Gasteiger partial charge in [-0.15, -0.1) is 0 Å². The molecule has 0 saturated carbocycles. The molecule has 0 unspecified atom stereocenters. The summed E-state index contributed by atoms with van der Waals surface area (Å²) in [6, 6.07) is 9.83. The summed E-state index contributed by atoms with van der Waals surface area (Å²) in [7, 11) is -3.80. The fourth-order valence-electron chi connectivity index (χ4n) is 6.53. The number of hydrogen-bond donors (Lipinski definition) is 2. The van der Waals surface area contributed by atoms with Crippen molar-refractivity contribution < 1.29 is 18.0 Å². The van der Waals surface area contributed by atoms with Crippen LogP contribution < -0.4 is 5.32 Å². The van der Waals surface area contributed by atoms with E-state index in [0.29, 0.717) is 49.7 Å². The number of benzene rings is 2. The highest BCUT2D eigenvalue weighted by atomic mass is 35.5. The zero-order chi connectivity index (χ0) is 30.5. The lowest BCUT2D eigenvalue weighted by Gasteiger charge is -2.36. The minimum absolute atomic E-state index is 0.0000938. The van der Waals surface area contributed by atoms with Gasteiger partial charge in [0.05, 0.1) is 21.8 Å². The van der Waals surface area contributed by atoms with E-state index in [1.165, 1.54) is 31.0 Å². The molecule has 0 radical (unpaired) electrons. The van der Waals surface area contributed by atoms with Crippen LogP contribution in [0.25, 0.3) is 11.6 Å². The summed E-state index contributed by atoms with van der Waals surface area (Å²) in [6.07, 6.45) is 6.19. The summed E-state index contributed by atoms with van der Waals surface area (Å²) < 4.78 is 26.7. The number of fused-ring (bicyclic) bond motifs is 1. The van der Waals surface area contributed by atoms with Crippen molar-refractivity contribution in [2.75, 3.05) is 31.5 Å². The van der Waals surface area contributed by atoms with Gasteiger partial charge in [-0.05, 0) is 106 Å². The van der Waals surface area contributed by atoms with Crippen LogP contribution in [0.15, 0.2) is 41.3 Å². The van der Waals surface area contributed by atoms with Gasteiger partial charge >= 0.3 is 0 Å². The minimum atomic E-state index is -3.80. The normalized spacial score (nSPS) is 18.8. The first kappa shape index (κ1) is 29.9. The average Bonchev–Trinajstić information content (AvgIpc) is 3.69. The molecular formula is C32H34Cl2N4O4S. The van der Waals surface area contributed by atoms with Gasteiger partial charge in [-0.25, -0.2) is 8.42 Å². The van der Waals surface area contributed by atoms with E-state index in [1.807, 2.05) is 18.7 Å². The number of halogens is 2. The molecule has 2 aromatic carbocycles. The van der Waals surface area contributed by atoms with Gasteiger partial charge in [-0.3, -0.25) is 9.59 Å². The molecule has 6 rings (SSSR count). The molecule has 1 aromatic heterocycles. The molecule has 3 aliphatic heterocycles. The van der Waals surface area contributed by atoms with Crippen LogP contribution in [-0.4, -0.2) is 67.2 Å². The predicted octanol–water partition coefficient (Wildman–Crippen LogP) is 6.11. The Labute approximate surface area is 262 Å². The van der Waals surface area contributed by atoms with E-state index in [9.17, 15) is 18.0 Å². The van der Waals surface area contributed by atoms with Crippen molar-refractivity contribution in [1.82, 2.24) is 14.8 Å². The molecular weight excluding hydrogens is 607 g/mol. The van der Waals surface area contributed by atoms with Crippen LogP contribution in [0.2, 0.25) is 10.0 Å². The van der Waals surface area contributed by atoms with Gasteiger partial charge in [0.2, 0.25) is 0 Å². The Morgan fingerprint density at radius 3 is 2.47 bits per heavy atom. The second-order valence-corrected chi connectivity index (χ2v) is 14.5. The summed E-state index contributed by atoms with van der Waals surface area (Å²) in [5.41, 5.74) is 4.49. The van der Waals surface area contributed by atoms with Gasteiger partial charge in [0.1, 0.15) is 0 Å². The Kier molecular flexibility index (Phi) is 8.19. The quantitative estimate of drug-likeness (QED) is 0.317. The highest BCUT2D eigenvalue weighted by Gasteiger charge is 2.32. The number of nitrogens with zero attached hydrogens (tertiary/aromatic N) is 2. The van der Waals surface area contributed by atoms with Gasteiger partial charge in [0.15, 0.2) is 9.84 Å². The van der Waals surface area contributed by atoms with E-state index < -0.39 is 9.84 Å². The number of aryl methyl sites for hydroxylation is 1. The number of aromatic amines is 1. The van der Waals surface area contributed by atoms with Crippen molar-refractivity contribution in [2.45, 2.75) is 56.2 Å². The first-order valence-corrected chi connectivity index (χ1v) is 17.0. The number of rotatable bonds is 6. The van der Waals surface area contributed by atoms with Crippen molar-refractivity contribution in [3.63, 3.8) is 0 Å². The first-order chi connectivity index (χ1) is 20.5. The highest BCUT2D eigenvalue weighted by Crippen LogP contribution is 2.37. The molecule has 3 aromatic rings. The number of nitrogens with one attached hydrogen (secondary N) is 2. The minimum Gasteiger partial charge on any atom is -0.358 e. The van der Waals surface area contributed by atoms with Gasteiger partial charge in [-0.2, -0.15) is 0 Å². The number of carbonyl (C=O) groups is 2. The first-order valence-electron chi connectivity index (χ1n) is 14.6. The second-order valence-electron chi connectivity index (χ2n) is 11.6. The topological polar surface area (TPSA) is 103 Å². The standard InChI is InChI=1S/C32H34Cl2N4O4S/c1-19-29(35-20(2)30(19)32(40)38-13-9-23(10-14-38)37-11-3-4-12-37)17-26-25-16-24(6-8-28(25)36-31(26)39)43(41,42)18-21-15-22(33)5-7-27(21)34/h5-8,15-17,23,35H,3-4,9-14,18H2,1-2H3,(H,36,39). The van der Waals surface area contributed by atoms with Crippen LogP contribution in [0, 0.1) is 13.8 Å². The van der Waals surface area contributed by atoms with E-state index in [0.717, 1.165) is 50.3 Å². The lowest BCUT2D eigenvalue weighted by molar-refractivity contribution is -0.110. The maximum Gasteiger partial charge on any atom is 0.256 e. The smallest absolute Gasteiger partial charge is 0.256 e. The zero-order valence-corrected chi connectivity index (χ0v) is 26.5. The Morgan fingerprint density at radius 1 is 1.02 bits per heavy atom. The van der Waals surface area contributed by atoms with E-state index in [4.69, 9.17) is 23.2 Å². The molecule has 11 heteroatoms. The third-order valence-corrected chi connectivity index (χ3v) is 11.1. The van der Waals surface area contributed by atoms with Crippen molar-refractivity contribution in [3.8, 4) is 0 Å². The van der Waals surface area contributed by atoms with Gasteiger partial charge < -0.3 is 20.1 Å². The Bertz CT molecular complexity index is 1750. The summed E-state index contributed by atoms with van der Waals surface area (Å²) in [5.74, 6) is -0.674. The molecule has 8 nitrogen and oxygen atoms in total. The SMILES string of the molecule is Cc1[nH]c(C=C2C(=O)Nc3ccc(S(=O)(=O)Cc4cc(Cl)ccc4Cl)cc32)c(C)c1C(=O)N1CCC(N2CCCC2)CC1. The lowest BCUT2D eigenvalue weighted by atomic mass is 10.0. The van der Waals surface area contributed by atoms with Gasteiger partial charge in [-0.1, -0.05) is 23.2 Å². The Hall–Kier alpha value is -3.11. The molecule has 0 bridgehead atoms. The molecule has 2 fully saturated rings. The third kappa shape index (κ3) is 5.88. The summed E-state index contributed by atoms with van der Waals surface area (Å²) >= 11 is 12.3. The zero-order valence-electron chi connectivity index (χ0n) is 24.2. The van der Waals surface area contributed by atoms with Crippen molar-refractivity contribution in [2.24, 2.45) is 0 Å². The van der Waals surface area contributed by atoms with Crippen LogP contribution in [0.4, 0.5) is 5.69 Å². The molecule has 3 aliphatic rings. The molecule has 43 heavy (non-hydrogen) atoms. The molecule has 0 spiro atoms. The monoisotopic (exact) mass is 640 g/mol. The van der Waals surface area contributed by atoms with E-state index in [1.54, 1.807) is 24.3 Å².